The smallest absolute Gasteiger partial charge is 0.374 e. The van der Waals surface area contributed by atoms with Gasteiger partial charge in [0.15, 0.2) is 0 Å². The van der Waals surface area contributed by atoms with Gasteiger partial charge in [-0.1, -0.05) is 19.1 Å². The molecule has 13 heteroatoms. The van der Waals surface area contributed by atoms with Gasteiger partial charge in [0.05, 0.1) is 17.6 Å². The van der Waals surface area contributed by atoms with Gasteiger partial charge in [0.2, 0.25) is 23.0 Å². The molecule has 0 saturated carbocycles. The Morgan fingerprint density at radius 2 is 1.22 bits per heavy atom. The minimum atomic E-state index is -0.938. The fourth-order valence-corrected chi connectivity index (χ4v) is 3.12. The third kappa shape index (κ3) is 6.60. The molecule has 2 heterocycles. The van der Waals surface area contributed by atoms with Crippen molar-refractivity contribution in [1.29, 1.82) is 0 Å². The lowest BCUT2D eigenvalue weighted by molar-refractivity contribution is -0.386. The lowest BCUT2D eigenvalue weighted by Crippen LogP contribution is -2.13. The van der Waals surface area contributed by atoms with Crippen LogP contribution in [-0.2, 0) is 32.0 Å². The monoisotopic (exact) mass is 515 g/mol. The molecule has 0 fully saturated rings. The standard InChI is InChI=1S/C24H21NO12/c1-3-14-5-4-6-15(20(14)25(30)31)13-35-24(29)19-10-9-18(37-19)23(28)34-12-11-33-22(27)17-8-7-16(36-17)21(26)32-2/h4-10H,3,11-13H2,1-2H3. The molecular formula is C24H21NO12. The molecule has 37 heavy (non-hydrogen) atoms. The van der Waals surface area contributed by atoms with Crippen LogP contribution in [0.15, 0.2) is 51.3 Å². The molecule has 3 rings (SSSR count). The number of aryl methyl sites for hydroxylation is 1. The van der Waals surface area contributed by atoms with E-state index in [2.05, 4.69) is 4.74 Å². The van der Waals surface area contributed by atoms with Crippen LogP contribution in [0.3, 0.4) is 0 Å². The van der Waals surface area contributed by atoms with Crippen LogP contribution in [-0.4, -0.2) is 49.1 Å². The molecule has 2 aromatic heterocycles. The van der Waals surface area contributed by atoms with Gasteiger partial charge in [-0.2, -0.15) is 0 Å². The van der Waals surface area contributed by atoms with Crippen LogP contribution in [0, 0.1) is 10.1 Å². The number of methoxy groups -OCH3 is 1. The first-order chi connectivity index (χ1) is 17.7. The molecule has 0 unspecified atom stereocenters. The lowest BCUT2D eigenvalue weighted by Gasteiger charge is -2.07. The van der Waals surface area contributed by atoms with Crippen LogP contribution in [0.1, 0.15) is 60.3 Å². The lowest BCUT2D eigenvalue weighted by atomic mass is 10.1. The molecule has 0 atom stereocenters. The van der Waals surface area contributed by atoms with Gasteiger partial charge in [-0.15, -0.1) is 0 Å². The van der Waals surface area contributed by atoms with Crippen molar-refractivity contribution in [2.24, 2.45) is 0 Å². The maximum Gasteiger partial charge on any atom is 0.374 e. The zero-order valence-corrected chi connectivity index (χ0v) is 19.7. The van der Waals surface area contributed by atoms with Crippen molar-refractivity contribution in [2.75, 3.05) is 20.3 Å². The number of hydrogen-bond donors (Lipinski definition) is 0. The van der Waals surface area contributed by atoms with E-state index in [1.807, 2.05) is 0 Å². The molecule has 0 spiro atoms. The number of benzene rings is 1. The maximum atomic E-state index is 12.3. The molecule has 194 valence electrons. The first-order valence-corrected chi connectivity index (χ1v) is 10.8. The number of hydrogen-bond acceptors (Lipinski definition) is 12. The van der Waals surface area contributed by atoms with E-state index in [9.17, 15) is 29.3 Å². The van der Waals surface area contributed by atoms with E-state index in [0.717, 1.165) is 7.11 Å². The first kappa shape index (κ1) is 26.7. The average Bonchev–Trinajstić information content (AvgIpc) is 3.59. The van der Waals surface area contributed by atoms with Gasteiger partial charge in [-0.3, -0.25) is 10.1 Å². The topological polar surface area (TPSA) is 175 Å². The van der Waals surface area contributed by atoms with Crippen molar-refractivity contribution >= 4 is 29.6 Å². The highest BCUT2D eigenvalue weighted by molar-refractivity contribution is 5.91. The predicted molar refractivity (Wildman–Crippen MR) is 121 cm³/mol. The molecule has 3 aromatic rings. The molecule has 0 radical (unpaired) electrons. The third-order valence-electron chi connectivity index (χ3n) is 4.88. The zero-order chi connectivity index (χ0) is 26.9. The first-order valence-electron chi connectivity index (χ1n) is 10.8. The summed E-state index contributed by atoms with van der Waals surface area (Å²) < 4.78 is 29.5. The number of furan rings is 2. The van der Waals surface area contributed by atoms with Crippen LogP contribution in [0.4, 0.5) is 5.69 Å². The van der Waals surface area contributed by atoms with Gasteiger partial charge in [0.25, 0.3) is 5.69 Å². The van der Waals surface area contributed by atoms with Crippen molar-refractivity contribution in [2.45, 2.75) is 20.0 Å². The number of nitrogens with zero attached hydrogens (tertiary/aromatic N) is 1. The molecule has 0 aliphatic heterocycles. The highest BCUT2D eigenvalue weighted by Crippen LogP contribution is 2.25. The Kier molecular flexibility index (Phi) is 8.76. The summed E-state index contributed by atoms with van der Waals surface area (Å²) in [6.07, 6.45) is 0.431. The van der Waals surface area contributed by atoms with E-state index in [1.165, 1.54) is 30.3 Å². The van der Waals surface area contributed by atoms with E-state index in [4.69, 9.17) is 23.0 Å². The van der Waals surface area contributed by atoms with Gasteiger partial charge in [-0.25, -0.2) is 19.2 Å². The van der Waals surface area contributed by atoms with Crippen LogP contribution in [0.25, 0.3) is 0 Å². The van der Waals surface area contributed by atoms with Gasteiger partial charge < -0.3 is 27.8 Å². The second-order valence-corrected chi connectivity index (χ2v) is 7.20. The van der Waals surface area contributed by atoms with Gasteiger partial charge in [0, 0.05) is 5.56 Å². The van der Waals surface area contributed by atoms with Crippen molar-refractivity contribution in [3.8, 4) is 0 Å². The Balaban J connectivity index is 1.48. The fraction of sp³-hybridized carbons (Fsp3) is 0.250. The second-order valence-electron chi connectivity index (χ2n) is 7.20. The molecule has 0 amide bonds. The van der Waals surface area contributed by atoms with Gasteiger partial charge in [0.1, 0.15) is 19.8 Å². The van der Waals surface area contributed by atoms with Crippen molar-refractivity contribution in [3.63, 3.8) is 0 Å². The number of carbonyl (C=O) groups excluding carboxylic acids is 4. The molecular weight excluding hydrogens is 494 g/mol. The zero-order valence-electron chi connectivity index (χ0n) is 19.7. The number of rotatable bonds is 11. The molecule has 0 N–H and O–H groups in total. The molecule has 0 saturated heterocycles. The summed E-state index contributed by atoms with van der Waals surface area (Å²) in [7, 11) is 1.16. The summed E-state index contributed by atoms with van der Waals surface area (Å²) in [6.45, 7) is 0.732. The largest absolute Gasteiger partial charge is 0.463 e. The van der Waals surface area contributed by atoms with E-state index in [0.29, 0.717) is 12.0 Å². The number of esters is 4. The van der Waals surface area contributed by atoms with Crippen molar-refractivity contribution in [3.05, 3.63) is 86.7 Å². The number of nitro groups is 1. The Labute approximate surface area is 209 Å². The summed E-state index contributed by atoms with van der Waals surface area (Å²) in [6, 6.07) is 9.56. The van der Waals surface area contributed by atoms with E-state index < -0.39 is 28.8 Å². The van der Waals surface area contributed by atoms with Crippen LogP contribution in [0.5, 0.6) is 0 Å². The van der Waals surface area contributed by atoms with Crippen LogP contribution < -0.4 is 0 Å². The maximum absolute atomic E-state index is 12.3. The van der Waals surface area contributed by atoms with E-state index >= 15 is 0 Å². The highest BCUT2D eigenvalue weighted by atomic mass is 16.6. The highest BCUT2D eigenvalue weighted by Gasteiger charge is 2.22. The molecule has 0 aliphatic rings. The van der Waals surface area contributed by atoms with Crippen LogP contribution in [0.2, 0.25) is 0 Å². The predicted octanol–water partition coefficient (Wildman–Crippen LogP) is 3.50. The van der Waals surface area contributed by atoms with E-state index in [1.54, 1.807) is 19.1 Å². The molecule has 1 aromatic carbocycles. The fourth-order valence-electron chi connectivity index (χ4n) is 3.12. The second kappa shape index (κ2) is 12.2. The average molecular weight is 515 g/mol. The molecule has 0 bridgehead atoms. The quantitative estimate of drug-likeness (QED) is 0.120. The minimum Gasteiger partial charge on any atom is -0.463 e. The Morgan fingerprint density at radius 3 is 1.68 bits per heavy atom. The van der Waals surface area contributed by atoms with E-state index in [-0.39, 0.29) is 54.1 Å². The Bertz CT molecular complexity index is 1320. The van der Waals surface area contributed by atoms with Crippen molar-refractivity contribution < 1.29 is 51.9 Å². The number of carbonyl (C=O) groups is 4. The summed E-state index contributed by atoms with van der Waals surface area (Å²) in [5, 5.41) is 11.4. The summed E-state index contributed by atoms with van der Waals surface area (Å²) in [5.41, 5.74) is 0.593. The normalized spacial score (nSPS) is 10.4. The molecule has 13 nitrogen and oxygen atoms in total. The number of nitro benzene ring substituents is 1. The minimum absolute atomic E-state index is 0.127. The Morgan fingerprint density at radius 1 is 0.757 bits per heavy atom. The summed E-state index contributed by atoms with van der Waals surface area (Å²) in [4.78, 5) is 58.5. The Hall–Kier alpha value is -4.94. The third-order valence-corrected chi connectivity index (χ3v) is 4.88. The van der Waals surface area contributed by atoms with Gasteiger partial charge >= 0.3 is 23.9 Å². The van der Waals surface area contributed by atoms with Crippen molar-refractivity contribution in [1.82, 2.24) is 0 Å². The summed E-state index contributed by atoms with van der Waals surface area (Å²) in [5.74, 6) is -4.58. The number of para-hydroxylation sites is 1. The molecule has 0 aliphatic carbocycles. The van der Waals surface area contributed by atoms with Crippen LogP contribution >= 0.6 is 0 Å². The SMILES string of the molecule is CCc1cccc(COC(=O)c2ccc(C(=O)OCCOC(=O)c3ccc(C(=O)OC)o3)o2)c1[N+](=O)[O-]. The summed E-state index contributed by atoms with van der Waals surface area (Å²) >= 11 is 0. The number of ether oxygens (including phenoxy) is 4. The van der Waals surface area contributed by atoms with Gasteiger partial charge in [-0.05, 0) is 36.8 Å².